The molecule has 0 saturated heterocycles. The Morgan fingerprint density at radius 3 is 2.74 bits per heavy atom. The second kappa shape index (κ2) is 7.33. The molecular weight excluding hydrogens is 228 g/mol. The highest BCUT2D eigenvalue weighted by atomic mass is 14.2. The van der Waals surface area contributed by atoms with Gasteiger partial charge in [0.1, 0.15) is 0 Å². The normalized spacial score (nSPS) is 19.4. The Kier molecular flexibility index (Phi) is 5.44. The Morgan fingerprint density at radius 2 is 2.05 bits per heavy atom. The van der Waals surface area contributed by atoms with E-state index >= 15 is 0 Å². The van der Waals surface area contributed by atoms with E-state index < -0.39 is 0 Å². The molecule has 0 bridgehead atoms. The minimum atomic E-state index is 0.763. The number of aryl methyl sites for hydroxylation is 2. The van der Waals surface area contributed by atoms with Gasteiger partial charge in [-0.2, -0.15) is 0 Å². The van der Waals surface area contributed by atoms with Crippen LogP contribution < -0.4 is 0 Å². The lowest BCUT2D eigenvalue weighted by Gasteiger charge is -2.04. The summed E-state index contributed by atoms with van der Waals surface area (Å²) < 4.78 is 0. The maximum Gasteiger partial charge on any atom is -0.0193 e. The van der Waals surface area contributed by atoms with Crippen LogP contribution in [0.5, 0.6) is 0 Å². The van der Waals surface area contributed by atoms with E-state index in [2.05, 4.69) is 49.9 Å². The van der Waals surface area contributed by atoms with Gasteiger partial charge in [0, 0.05) is 0 Å². The molecule has 0 heterocycles. The van der Waals surface area contributed by atoms with Crippen LogP contribution in [0.3, 0.4) is 0 Å². The van der Waals surface area contributed by atoms with Crippen LogP contribution >= 0.6 is 0 Å². The molecule has 1 atom stereocenters. The van der Waals surface area contributed by atoms with Crippen LogP contribution in [0, 0.1) is 5.92 Å². The number of rotatable bonds is 6. The van der Waals surface area contributed by atoms with Gasteiger partial charge in [0.2, 0.25) is 0 Å². The second-order valence-electron chi connectivity index (χ2n) is 5.79. The molecule has 0 nitrogen and oxygen atoms in total. The molecule has 1 aromatic rings. The fourth-order valence-electron chi connectivity index (χ4n) is 2.90. The Hall–Kier alpha value is -1.30. The zero-order valence-electron chi connectivity index (χ0n) is 12.2. The molecule has 0 aromatic heterocycles. The fourth-order valence-corrected chi connectivity index (χ4v) is 2.90. The van der Waals surface area contributed by atoms with Crippen LogP contribution in [-0.4, -0.2) is 0 Å². The van der Waals surface area contributed by atoms with E-state index in [1.807, 2.05) is 0 Å². The van der Waals surface area contributed by atoms with E-state index in [9.17, 15) is 0 Å². The van der Waals surface area contributed by atoms with Crippen molar-refractivity contribution in [2.75, 3.05) is 0 Å². The van der Waals surface area contributed by atoms with Crippen LogP contribution in [0.25, 0.3) is 0 Å². The number of hydrogen-bond acceptors (Lipinski definition) is 0. The first-order chi connectivity index (χ1) is 9.28. The van der Waals surface area contributed by atoms with Crippen molar-refractivity contribution in [2.45, 2.75) is 51.9 Å². The Bertz CT molecular complexity index is 439. The molecule has 0 heteroatoms. The first-order valence-corrected chi connectivity index (χ1v) is 7.69. The zero-order chi connectivity index (χ0) is 13.5. The lowest BCUT2D eigenvalue weighted by Crippen LogP contribution is -1.89. The molecule has 2 rings (SSSR count). The smallest absolute Gasteiger partial charge is 0.0193 e. The van der Waals surface area contributed by atoms with Gasteiger partial charge in [0.25, 0.3) is 0 Å². The average Bonchev–Trinajstić information content (AvgIpc) is 2.82. The van der Waals surface area contributed by atoms with E-state index in [1.165, 1.54) is 61.6 Å². The van der Waals surface area contributed by atoms with Crippen molar-refractivity contribution in [1.82, 2.24) is 0 Å². The Labute approximate surface area is 118 Å². The highest BCUT2D eigenvalue weighted by molar-refractivity contribution is 5.24. The third-order valence-electron chi connectivity index (χ3n) is 3.96. The molecule has 1 aliphatic carbocycles. The summed E-state index contributed by atoms with van der Waals surface area (Å²) in [5, 5.41) is 0. The summed E-state index contributed by atoms with van der Waals surface area (Å²) in [7, 11) is 0. The molecule has 0 radical (unpaired) electrons. The average molecular weight is 254 g/mol. The van der Waals surface area contributed by atoms with Gasteiger partial charge < -0.3 is 0 Å². The molecule has 1 aliphatic rings. The van der Waals surface area contributed by atoms with Gasteiger partial charge in [-0.15, -0.1) is 0 Å². The summed E-state index contributed by atoms with van der Waals surface area (Å²) in [6.45, 7) is 6.31. The Morgan fingerprint density at radius 1 is 1.26 bits per heavy atom. The largest absolute Gasteiger partial charge is 0.0998 e. The fraction of sp³-hybridized carbons (Fsp3) is 0.474. The lowest BCUT2D eigenvalue weighted by atomic mass is 10.0. The summed E-state index contributed by atoms with van der Waals surface area (Å²) >= 11 is 0. The van der Waals surface area contributed by atoms with Crippen molar-refractivity contribution in [2.24, 2.45) is 5.92 Å². The van der Waals surface area contributed by atoms with E-state index in [-0.39, 0.29) is 0 Å². The quantitative estimate of drug-likeness (QED) is 0.589. The second-order valence-corrected chi connectivity index (χ2v) is 5.79. The number of hydrogen-bond donors (Lipinski definition) is 0. The predicted molar refractivity (Wildman–Crippen MR) is 84.4 cm³/mol. The molecule has 1 aromatic carbocycles. The number of benzene rings is 1. The first kappa shape index (κ1) is 14.1. The third-order valence-corrected chi connectivity index (χ3v) is 3.96. The van der Waals surface area contributed by atoms with Crippen molar-refractivity contribution in [3.05, 3.63) is 59.7 Å². The van der Waals surface area contributed by atoms with Crippen LogP contribution in [0.4, 0.5) is 0 Å². The SMILES string of the molecule is C=C1CCC(/C=C/CCc2cccc(CCC)c2)C1. The molecule has 1 fully saturated rings. The van der Waals surface area contributed by atoms with Gasteiger partial charge >= 0.3 is 0 Å². The minimum Gasteiger partial charge on any atom is -0.0998 e. The molecule has 102 valence electrons. The zero-order valence-corrected chi connectivity index (χ0v) is 12.2. The standard InChI is InChI=1S/C19H26/c1-3-7-17-10-6-11-18(15-17)8-4-5-9-19-13-12-16(2)14-19/h5-6,9-11,15,19H,2-4,7-8,12-14H2,1H3/b9-5+. The van der Waals surface area contributed by atoms with Crippen LogP contribution in [0.1, 0.15) is 50.2 Å². The molecule has 0 spiro atoms. The van der Waals surface area contributed by atoms with Gasteiger partial charge in [0.15, 0.2) is 0 Å². The number of allylic oxidation sites excluding steroid dienone is 3. The molecule has 1 saturated carbocycles. The van der Waals surface area contributed by atoms with Gasteiger partial charge in [-0.25, -0.2) is 0 Å². The Balaban J connectivity index is 1.77. The van der Waals surface area contributed by atoms with Crippen LogP contribution in [0.2, 0.25) is 0 Å². The van der Waals surface area contributed by atoms with Crippen molar-refractivity contribution in [3.63, 3.8) is 0 Å². The van der Waals surface area contributed by atoms with Crippen molar-refractivity contribution in [1.29, 1.82) is 0 Å². The first-order valence-electron chi connectivity index (χ1n) is 7.69. The summed E-state index contributed by atoms with van der Waals surface area (Å²) in [5.41, 5.74) is 4.39. The minimum absolute atomic E-state index is 0.763. The van der Waals surface area contributed by atoms with Crippen molar-refractivity contribution < 1.29 is 0 Å². The van der Waals surface area contributed by atoms with Crippen molar-refractivity contribution in [3.8, 4) is 0 Å². The molecule has 0 aliphatic heterocycles. The summed E-state index contributed by atoms with van der Waals surface area (Å²) in [6, 6.07) is 9.07. The third kappa shape index (κ3) is 4.70. The lowest BCUT2D eigenvalue weighted by molar-refractivity contribution is 0.690. The van der Waals surface area contributed by atoms with E-state index in [0.717, 1.165) is 5.92 Å². The predicted octanol–water partition coefficient (Wildman–Crippen LogP) is 5.48. The molecule has 0 amide bonds. The van der Waals surface area contributed by atoms with Gasteiger partial charge in [-0.1, -0.05) is 61.9 Å². The topological polar surface area (TPSA) is 0 Å². The highest BCUT2D eigenvalue weighted by Crippen LogP contribution is 2.29. The van der Waals surface area contributed by atoms with Gasteiger partial charge in [-0.05, 0) is 55.6 Å². The van der Waals surface area contributed by atoms with Crippen LogP contribution in [0.15, 0.2) is 48.6 Å². The molecule has 0 N–H and O–H groups in total. The summed E-state index contributed by atoms with van der Waals surface area (Å²) in [4.78, 5) is 0. The monoisotopic (exact) mass is 254 g/mol. The van der Waals surface area contributed by atoms with Crippen molar-refractivity contribution >= 4 is 0 Å². The van der Waals surface area contributed by atoms with Gasteiger partial charge in [-0.3, -0.25) is 0 Å². The van der Waals surface area contributed by atoms with E-state index in [1.54, 1.807) is 0 Å². The molecular formula is C19H26. The maximum atomic E-state index is 4.07. The summed E-state index contributed by atoms with van der Waals surface area (Å²) in [5.74, 6) is 0.763. The maximum absolute atomic E-state index is 4.07. The van der Waals surface area contributed by atoms with E-state index in [0.29, 0.717) is 0 Å². The molecule has 19 heavy (non-hydrogen) atoms. The van der Waals surface area contributed by atoms with Gasteiger partial charge in [0.05, 0.1) is 0 Å². The highest BCUT2D eigenvalue weighted by Gasteiger charge is 2.14. The molecule has 1 unspecified atom stereocenters. The van der Waals surface area contributed by atoms with Crippen LogP contribution in [-0.2, 0) is 12.8 Å². The summed E-state index contributed by atoms with van der Waals surface area (Å²) in [6.07, 6.45) is 13.3. The van der Waals surface area contributed by atoms with E-state index in [4.69, 9.17) is 0 Å².